The van der Waals surface area contributed by atoms with Crippen LogP contribution in [0.15, 0.2) is 83.5 Å². The van der Waals surface area contributed by atoms with E-state index in [0.717, 1.165) is 5.76 Å². The SMILES string of the molecule is c1ccc(C2(c3ccccc3)CC[C@H]2c2ccco2)cc1. The fourth-order valence-electron chi connectivity index (χ4n) is 3.78. The van der Waals surface area contributed by atoms with Crippen LogP contribution >= 0.6 is 0 Å². The summed E-state index contributed by atoms with van der Waals surface area (Å²) in [6.07, 6.45) is 4.14. The Bertz CT molecular complexity index is 659. The second-order valence-corrected chi connectivity index (χ2v) is 5.81. The lowest BCUT2D eigenvalue weighted by Gasteiger charge is -2.50. The summed E-state index contributed by atoms with van der Waals surface area (Å²) in [6.45, 7) is 0. The Morgan fingerprint density at radius 2 is 1.38 bits per heavy atom. The van der Waals surface area contributed by atoms with Gasteiger partial charge in [0.15, 0.2) is 0 Å². The van der Waals surface area contributed by atoms with E-state index in [9.17, 15) is 0 Å². The summed E-state index contributed by atoms with van der Waals surface area (Å²) >= 11 is 0. The molecule has 0 aliphatic heterocycles. The molecule has 0 spiro atoms. The molecule has 4 rings (SSSR count). The molecule has 0 saturated heterocycles. The number of rotatable bonds is 3. The molecule has 104 valence electrons. The first-order valence-corrected chi connectivity index (χ1v) is 7.56. The van der Waals surface area contributed by atoms with Gasteiger partial charge in [-0.2, -0.15) is 0 Å². The van der Waals surface area contributed by atoms with Gasteiger partial charge in [-0.3, -0.25) is 0 Å². The van der Waals surface area contributed by atoms with Crippen LogP contribution in [0.3, 0.4) is 0 Å². The number of hydrogen-bond acceptors (Lipinski definition) is 1. The maximum Gasteiger partial charge on any atom is 0.108 e. The molecule has 1 fully saturated rings. The van der Waals surface area contributed by atoms with Crippen molar-refractivity contribution in [3.63, 3.8) is 0 Å². The molecule has 1 atom stereocenters. The first kappa shape index (κ1) is 12.5. The summed E-state index contributed by atoms with van der Waals surface area (Å²) < 4.78 is 5.74. The highest BCUT2D eigenvalue weighted by Gasteiger charge is 2.51. The van der Waals surface area contributed by atoms with Gasteiger partial charge in [0.1, 0.15) is 5.76 Å². The van der Waals surface area contributed by atoms with Gasteiger partial charge < -0.3 is 4.42 Å². The zero-order valence-electron chi connectivity index (χ0n) is 11.9. The largest absolute Gasteiger partial charge is 0.469 e. The van der Waals surface area contributed by atoms with Gasteiger partial charge in [-0.25, -0.2) is 0 Å². The van der Waals surface area contributed by atoms with Crippen molar-refractivity contribution in [1.82, 2.24) is 0 Å². The minimum absolute atomic E-state index is 0.0559. The Balaban J connectivity index is 1.88. The van der Waals surface area contributed by atoms with Crippen LogP contribution in [-0.4, -0.2) is 0 Å². The summed E-state index contributed by atoms with van der Waals surface area (Å²) in [5.41, 5.74) is 2.84. The molecule has 1 aromatic heterocycles. The van der Waals surface area contributed by atoms with E-state index in [1.54, 1.807) is 6.26 Å². The second kappa shape index (κ2) is 4.92. The molecule has 21 heavy (non-hydrogen) atoms. The van der Waals surface area contributed by atoms with Gasteiger partial charge in [-0.1, -0.05) is 60.7 Å². The molecule has 1 aliphatic rings. The minimum atomic E-state index is 0.0559. The van der Waals surface area contributed by atoms with Crippen LogP contribution in [0.5, 0.6) is 0 Å². The van der Waals surface area contributed by atoms with E-state index in [-0.39, 0.29) is 5.41 Å². The average Bonchev–Trinajstić information content (AvgIpc) is 3.03. The molecule has 3 aromatic rings. The molecular weight excluding hydrogens is 256 g/mol. The van der Waals surface area contributed by atoms with E-state index < -0.39 is 0 Å². The van der Waals surface area contributed by atoms with E-state index in [2.05, 4.69) is 66.7 Å². The van der Waals surface area contributed by atoms with Crippen molar-refractivity contribution in [2.45, 2.75) is 24.2 Å². The number of benzene rings is 2. The monoisotopic (exact) mass is 274 g/mol. The summed E-state index contributed by atoms with van der Waals surface area (Å²) in [6, 6.07) is 25.8. The lowest BCUT2D eigenvalue weighted by molar-refractivity contribution is 0.210. The molecule has 1 heterocycles. The van der Waals surface area contributed by atoms with Crippen LogP contribution in [0.25, 0.3) is 0 Å². The molecule has 2 aromatic carbocycles. The molecule has 0 unspecified atom stereocenters. The summed E-state index contributed by atoms with van der Waals surface area (Å²) in [7, 11) is 0. The van der Waals surface area contributed by atoms with Crippen molar-refractivity contribution >= 4 is 0 Å². The molecule has 1 heteroatoms. The Hall–Kier alpha value is -2.28. The predicted octanol–water partition coefficient (Wildman–Crippen LogP) is 5.14. The maximum atomic E-state index is 5.74. The third-order valence-corrected chi connectivity index (χ3v) is 4.89. The van der Waals surface area contributed by atoms with E-state index in [4.69, 9.17) is 4.42 Å². The van der Waals surface area contributed by atoms with Crippen molar-refractivity contribution in [2.75, 3.05) is 0 Å². The smallest absolute Gasteiger partial charge is 0.108 e. The molecular formula is C20H18O. The molecule has 1 saturated carbocycles. The molecule has 0 amide bonds. The normalized spacial score (nSPS) is 19.9. The van der Waals surface area contributed by atoms with Crippen molar-refractivity contribution in [1.29, 1.82) is 0 Å². The number of furan rings is 1. The van der Waals surface area contributed by atoms with Crippen LogP contribution in [0.4, 0.5) is 0 Å². The summed E-state index contributed by atoms with van der Waals surface area (Å²) in [5, 5.41) is 0. The van der Waals surface area contributed by atoms with E-state index in [0.29, 0.717) is 5.92 Å². The quantitative estimate of drug-likeness (QED) is 0.644. The maximum absolute atomic E-state index is 5.74. The lowest BCUT2D eigenvalue weighted by Crippen LogP contribution is -2.43. The predicted molar refractivity (Wildman–Crippen MR) is 84.3 cm³/mol. The van der Waals surface area contributed by atoms with E-state index >= 15 is 0 Å². The van der Waals surface area contributed by atoms with Gasteiger partial charge in [0.05, 0.1) is 6.26 Å². The van der Waals surface area contributed by atoms with Crippen LogP contribution in [0.1, 0.15) is 35.6 Å². The molecule has 1 aliphatic carbocycles. The summed E-state index contributed by atoms with van der Waals surface area (Å²) in [4.78, 5) is 0. The second-order valence-electron chi connectivity index (χ2n) is 5.81. The van der Waals surface area contributed by atoms with Crippen LogP contribution in [-0.2, 0) is 5.41 Å². The zero-order chi connectivity index (χ0) is 14.1. The van der Waals surface area contributed by atoms with Crippen molar-refractivity contribution in [2.24, 2.45) is 0 Å². The third-order valence-electron chi connectivity index (χ3n) is 4.89. The molecule has 0 N–H and O–H groups in total. The highest BCUT2D eigenvalue weighted by Crippen LogP contribution is 2.58. The van der Waals surface area contributed by atoms with Crippen molar-refractivity contribution in [3.05, 3.63) is 95.9 Å². The third kappa shape index (κ3) is 1.84. The molecule has 0 bridgehead atoms. The Morgan fingerprint density at radius 3 is 1.81 bits per heavy atom. The van der Waals surface area contributed by atoms with Gasteiger partial charge >= 0.3 is 0 Å². The molecule has 0 radical (unpaired) electrons. The minimum Gasteiger partial charge on any atom is -0.469 e. The highest BCUT2D eigenvalue weighted by atomic mass is 16.3. The standard InChI is InChI=1S/C20H18O/c1-3-8-16(9-4-1)20(17-10-5-2-6-11-17)14-13-18(20)19-12-7-15-21-19/h1-12,15,18H,13-14H2/t18-/m0/s1. The van der Waals surface area contributed by atoms with Crippen LogP contribution < -0.4 is 0 Å². The van der Waals surface area contributed by atoms with E-state index in [1.807, 2.05) is 6.07 Å². The van der Waals surface area contributed by atoms with Gasteiger partial charge in [-0.05, 0) is 36.1 Å². The fraction of sp³-hybridized carbons (Fsp3) is 0.200. The topological polar surface area (TPSA) is 13.1 Å². The lowest BCUT2D eigenvalue weighted by atomic mass is 9.53. The van der Waals surface area contributed by atoms with E-state index in [1.165, 1.54) is 24.0 Å². The fourth-order valence-corrected chi connectivity index (χ4v) is 3.78. The van der Waals surface area contributed by atoms with Gasteiger partial charge in [0, 0.05) is 11.3 Å². The average molecular weight is 274 g/mol. The van der Waals surface area contributed by atoms with Crippen LogP contribution in [0.2, 0.25) is 0 Å². The number of hydrogen-bond donors (Lipinski definition) is 0. The zero-order valence-corrected chi connectivity index (χ0v) is 11.9. The first-order chi connectivity index (χ1) is 10.4. The Kier molecular flexibility index (Phi) is 2.92. The van der Waals surface area contributed by atoms with Gasteiger partial charge in [0.25, 0.3) is 0 Å². The Morgan fingerprint density at radius 1 is 0.762 bits per heavy atom. The van der Waals surface area contributed by atoms with Gasteiger partial charge in [-0.15, -0.1) is 0 Å². The molecule has 1 nitrogen and oxygen atoms in total. The Labute approximate surface area is 125 Å². The first-order valence-electron chi connectivity index (χ1n) is 7.56. The van der Waals surface area contributed by atoms with Gasteiger partial charge in [0.2, 0.25) is 0 Å². The van der Waals surface area contributed by atoms with Crippen molar-refractivity contribution < 1.29 is 4.42 Å². The van der Waals surface area contributed by atoms with Crippen LogP contribution in [0, 0.1) is 0 Å². The van der Waals surface area contributed by atoms with Crippen molar-refractivity contribution in [3.8, 4) is 0 Å². The highest BCUT2D eigenvalue weighted by molar-refractivity contribution is 5.46. The summed E-state index contributed by atoms with van der Waals surface area (Å²) in [5.74, 6) is 1.53.